The second-order valence-electron chi connectivity index (χ2n) is 8.11. The second-order valence-corrected chi connectivity index (χ2v) is 8.11. The minimum absolute atomic E-state index is 0.0165. The summed E-state index contributed by atoms with van der Waals surface area (Å²) in [7, 11) is 0. The van der Waals surface area contributed by atoms with Gasteiger partial charge in [0, 0.05) is 23.9 Å². The van der Waals surface area contributed by atoms with Gasteiger partial charge in [0.1, 0.15) is 6.07 Å². The van der Waals surface area contributed by atoms with Gasteiger partial charge in [0.25, 0.3) is 5.56 Å². The van der Waals surface area contributed by atoms with Crippen molar-refractivity contribution in [2.75, 3.05) is 0 Å². The summed E-state index contributed by atoms with van der Waals surface area (Å²) >= 11 is 0. The van der Waals surface area contributed by atoms with Crippen molar-refractivity contribution in [1.82, 2.24) is 19.3 Å². The minimum atomic E-state index is -1.59. The minimum Gasteiger partial charge on any atom is -0.306 e. The number of halogens is 3. The highest BCUT2D eigenvalue weighted by molar-refractivity contribution is 5.44. The summed E-state index contributed by atoms with van der Waals surface area (Å²) in [5.74, 6) is -4.32. The fourth-order valence-corrected chi connectivity index (χ4v) is 3.86. The van der Waals surface area contributed by atoms with E-state index in [9.17, 15) is 23.2 Å². The summed E-state index contributed by atoms with van der Waals surface area (Å²) in [6.45, 7) is 5.34. The van der Waals surface area contributed by atoms with Crippen molar-refractivity contribution in [2.24, 2.45) is 0 Å². The van der Waals surface area contributed by atoms with E-state index in [0.29, 0.717) is 5.56 Å². The van der Waals surface area contributed by atoms with Crippen LogP contribution in [0.2, 0.25) is 0 Å². The molecule has 0 fully saturated rings. The maximum Gasteiger partial charge on any atom is 0.270 e. The Morgan fingerprint density at radius 1 is 1.09 bits per heavy atom. The molecule has 6 nitrogen and oxygen atoms in total. The van der Waals surface area contributed by atoms with Crippen LogP contribution in [0.25, 0.3) is 5.69 Å². The summed E-state index contributed by atoms with van der Waals surface area (Å²) in [4.78, 5) is 17.4. The first-order valence-corrected chi connectivity index (χ1v) is 10.5. The van der Waals surface area contributed by atoms with Crippen LogP contribution in [0.5, 0.6) is 0 Å². The van der Waals surface area contributed by atoms with Crippen molar-refractivity contribution in [1.29, 1.82) is 5.26 Å². The molecule has 1 atom stereocenters. The predicted octanol–water partition coefficient (Wildman–Crippen LogP) is 4.53. The number of rotatable bonds is 5. The van der Waals surface area contributed by atoms with E-state index in [4.69, 9.17) is 0 Å². The van der Waals surface area contributed by atoms with Crippen LogP contribution in [0.15, 0.2) is 53.7 Å². The Kier molecular flexibility index (Phi) is 6.07. The van der Waals surface area contributed by atoms with Gasteiger partial charge in [-0.1, -0.05) is 12.1 Å². The average molecular weight is 463 g/mol. The first kappa shape index (κ1) is 23.0. The van der Waals surface area contributed by atoms with Crippen LogP contribution in [-0.4, -0.2) is 19.3 Å². The van der Waals surface area contributed by atoms with Crippen molar-refractivity contribution in [3.63, 3.8) is 0 Å². The summed E-state index contributed by atoms with van der Waals surface area (Å²) in [5, 5.41) is 13.4. The molecule has 2 heterocycles. The third-order valence-electron chi connectivity index (χ3n) is 5.62. The zero-order chi connectivity index (χ0) is 24.6. The van der Waals surface area contributed by atoms with Crippen LogP contribution >= 0.6 is 0 Å². The molecule has 4 rings (SSSR count). The highest BCUT2D eigenvalue weighted by Gasteiger charge is 2.19. The zero-order valence-corrected chi connectivity index (χ0v) is 18.7. The Morgan fingerprint density at radius 2 is 1.79 bits per heavy atom. The van der Waals surface area contributed by atoms with Crippen molar-refractivity contribution in [3.05, 3.63) is 110 Å². The molecular weight excluding hydrogens is 443 g/mol. The zero-order valence-electron chi connectivity index (χ0n) is 18.7. The Morgan fingerprint density at radius 3 is 2.38 bits per heavy atom. The van der Waals surface area contributed by atoms with Gasteiger partial charge < -0.3 is 4.57 Å². The van der Waals surface area contributed by atoms with Crippen LogP contribution in [0.3, 0.4) is 0 Å². The number of imidazole rings is 1. The molecule has 0 aliphatic rings. The van der Waals surface area contributed by atoms with Crippen LogP contribution in [-0.2, 0) is 6.42 Å². The SMILES string of the molecule is Cc1cn(-c2ccc(Cc3cc(C#N)nn([C@@H](C)c4cc(F)c(F)c(F)c4)c3=O)cc2C)cn1. The van der Waals surface area contributed by atoms with Gasteiger partial charge >= 0.3 is 0 Å². The Bertz CT molecular complexity index is 1480. The average Bonchev–Trinajstić information content (AvgIpc) is 3.24. The molecule has 4 aromatic rings. The first-order chi connectivity index (χ1) is 16.2. The molecule has 34 heavy (non-hydrogen) atoms. The van der Waals surface area contributed by atoms with Crippen molar-refractivity contribution in [2.45, 2.75) is 33.2 Å². The Labute approximate surface area is 193 Å². The highest BCUT2D eigenvalue weighted by Crippen LogP contribution is 2.22. The number of nitrogens with zero attached hydrogens (tertiary/aromatic N) is 5. The number of aryl methyl sites for hydroxylation is 2. The summed E-state index contributed by atoms with van der Waals surface area (Å²) in [6.07, 6.45) is 3.85. The summed E-state index contributed by atoms with van der Waals surface area (Å²) in [6, 6.07) is 9.75. The van der Waals surface area contributed by atoms with Gasteiger partial charge in [0.15, 0.2) is 23.1 Å². The van der Waals surface area contributed by atoms with Gasteiger partial charge in [-0.3, -0.25) is 4.79 Å². The number of aromatic nitrogens is 4. The topological polar surface area (TPSA) is 76.5 Å². The standard InChI is InChI=1S/C25H20F3N5O/c1-14-6-17(4-5-23(14)32-12-15(2)30-13-32)7-19-8-20(11-29)31-33(25(19)34)16(3)18-9-21(26)24(28)22(27)10-18/h4-6,8-10,12-13,16H,7H2,1-3H3/t16-/m0/s1. The van der Waals surface area contributed by atoms with Gasteiger partial charge in [-0.05, 0) is 61.7 Å². The maximum atomic E-state index is 13.7. The molecule has 9 heteroatoms. The van der Waals surface area contributed by atoms with Crippen LogP contribution in [0, 0.1) is 42.6 Å². The van der Waals surface area contributed by atoms with E-state index >= 15 is 0 Å². The third-order valence-corrected chi connectivity index (χ3v) is 5.62. The number of hydrogen-bond acceptors (Lipinski definition) is 4. The van der Waals surface area contributed by atoms with Gasteiger partial charge in [-0.25, -0.2) is 22.8 Å². The van der Waals surface area contributed by atoms with E-state index in [1.165, 1.54) is 13.0 Å². The predicted molar refractivity (Wildman–Crippen MR) is 119 cm³/mol. The number of nitriles is 1. The number of hydrogen-bond donors (Lipinski definition) is 0. The van der Waals surface area contributed by atoms with Crippen LogP contribution in [0.1, 0.15) is 46.6 Å². The lowest BCUT2D eigenvalue weighted by molar-refractivity contribution is 0.438. The quantitative estimate of drug-likeness (QED) is 0.408. The molecule has 0 aliphatic heterocycles. The third kappa shape index (κ3) is 4.35. The van der Waals surface area contributed by atoms with E-state index in [1.54, 1.807) is 6.33 Å². The Balaban J connectivity index is 1.71. The maximum absolute atomic E-state index is 13.7. The molecular formula is C25H20F3N5O. The number of benzene rings is 2. The van der Waals surface area contributed by atoms with Gasteiger partial charge in [-0.2, -0.15) is 10.4 Å². The largest absolute Gasteiger partial charge is 0.306 e. The fourth-order valence-electron chi connectivity index (χ4n) is 3.86. The molecule has 0 radical (unpaired) electrons. The van der Waals surface area contributed by atoms with E-state index in [1.807, 2.05) is 48.9 Å². The molecule has 2 aromatic carbocycles. The fraction of sp³-hybridized carbons (Fsp3) is 0.200. The van der Waals surface area contributed by atoms with E-state index in [2.05, 4.69) is 10.1 Å². The van der Waals surface area contributed by atoms with Crippen LogP contribution in [0.4, 0.5) is 13.2 Å². The Hall–Kier alpha value is -4.19. The van der Waals surface area contributed by atoms with Gasteiger partial charge in [0.05, 0.1) is 18.1 Å². The van der Waals surface area contributed by atoms with E-state index < -0.39 is 29.1 Å². The normalized spacial score (nSPS) is 11.9. The van der Waals surface area contributed by atoms with Crippen molar-refractivity contribution < 1.29 is 13.2 Å². The lowest BCUT2D eigenvalue weighted by atomic mass is 10.0. The lowest BCUT2D eigenvalue weighted by Crippen LogP contribution is -2.30. The highest BCUT2D eigenvalue weighted by atomic mass is 19.2. The molecule has 0 saturated carbocycles. The summed E-state index contributed by atoms with van der Waals surface area (Å²) < 4.78 is 43.8. The van der Waals surface area contributed by atoms with E-state index in [0.717, 1.165) is 39.3 Å². The molecule has 0 N–H and O–H groups in total. The van der Waals surface area contributed by atoms with Gasteiger partial charge in [-0.15, -0.1) is 0 Å². The monoisotopic (exact) mass is 463 g/mol. The molecule has 0 spiro atoms. The van der Waals surface area contributed by atoms with Crippen molar-refractivity contribution in [3.8, 4) is 11.8 Å². The van der Waals surface area contributed by atoms with E-state index in [-0.39, 0.29) is 17.7 Å². The molecule has 0 unspecified atom stereocenters. The summed E-state index contributed by atoms with van der Waals surface area (Å²) in [5.41, 5.74) is 3.42. The molecule has 2 aromatic heterocycles. The molecule has 0 bridgehead atoms. The molecule has 172 valence electrons. The second kappa shape index (κ2) is 8.98. The molecule has 0 saturated heterocycles. The smallest absolute Gasteiger partial charge is 0.270 e. The van der Waals surface area contributed by atoms with Crippen molar-refractivity contribution >= 4 is 0 Å². The lowest BCUT2D eigenvalue weighted by Gasteiger charge is -2.16. The van der Waals surface area contributed by atoms with Gasteiger partial charge in [0.2, 0.25) is 0 Å². The molecule has 0 aliphatic carbocycles. The van der Waals surface area contributed by atoms with Crippen LogP contribution < -0.4 is 5.56 Å². The first-order valence-electron chi connectivity index (χ1n) is 10.5. The molecule has 0 amide bonds.